The van der Waals surface area contributed by atoms with Gasteiger partial charge in [0.15, 0.2) is 0 Å². The molecule has 1 atom stereocenters. The van der Waals surface area contributed by atoms with Crippen molar-refractivity contribution in [3.8, 4) is 0 Å². The van der Waals surface area contributed by atoms with E-state index >= 15 is 0 Å². The second kappa shape index (κ2) is 5.02. The standard InChI is InChI=1S/C18H18N2O/c19-10-18-16-8-7-13-4-1-2-6-15(13)17(16)12-20(18)11-14-5-3-9-21-14/h1-9,18H,10-12,19H2. The number of nitrogens with zero attached hydrogens (tertiary/aromatic N) is 1. The van der Waals surface area contributed by atoms with Crippen molar-refractivity contribution < 1.29 is 4.42 Å². The first-order valence-corrected chi connectivity index (χ1v) is 7.34. The lowest BCUT2D eigenvalue weighted by Crippen LogP contribution is -2.27. The van der Waals surface area contributed by atoms with Crippen LogP contribution in [0, 0.1) is 0 Å². The Balaban J connectivity index is 1.76. The third kappa shape index (κ3) is 2.06. The van der Waals surface area contributed by atoms with Crippen LogP contribution in [0.2, 0.25) is 0 Å². The van der Waals surface area contributed by atoms with Crippen LogP contribution < -0.4 is 5.73 Å². The summed E-state index contributed by atoms with van der Waals surface area (Å²) in [6, 6.07) is 17.2. The Morgan fingerprint density at radius 1 is 1.10 bits per heavy atom. The lowest BCUT2D eigenvalue weighted by atomic mass is 9.98. The molecule has 3 aromatic rings. The minimum atomic E-state index is 0.273. The van der Waals surface area contributed by atoms with Gasteiger partial charge >= 0.3 is 0 Å². The SMILES string of the molecule is NCC1c2ccc3ccccc3c2CN1Cc1ccco1. The molecule has 21 heavy (non-hydrogen) atoms. The molecule has 0 spiro atoms. The van der Waals surface area contributed by atoms with E-state index in [0.29, 0.717) is 6.54 Å². The normalized spacial score (nSPS) is 18.2. The van der Waals surface area contributed by atoms with Crippen LogP contribution in [0.15, 0.2) is 59.2 Å². The van der Waals surface area contributed by atoms with Crippen LogP contribution in [-0.2, 0) is 13.1 Å². The molecule has 106 valence electrons. The van der Waals surface area contributed by atoms with Gasteiger partial charge < -0.3 is 10.2 Å². The highest BCUT2D eigenvalue weighted by atomic mass is 16.3. The highest BCUT2D eigenvalue weighted by molar-refractivity contribution is 5.87. The fourth-order valence-electron chi connectivity index (χ4n) is 3.40. The Morgan fingerprint density at radius 3 is 2.81 bits per heavy atom. The summed E-state index contributed by atoms with van der Waals surface area (Å²) >= 11 is 0. The minimum absolute atomic E-state index is 0.273. The molecule has 0 aliphatic carbocycles. The molecule has 0 saturated heterocycles. The Bertz CT molecular complexity index is 764. The molecule has 0 bridgehead atoms. The maximum absolute atomic E-state index is 6.04. The topological polar surface area (TPSA) is 42.4 Å². The van der Waals surface area contributed by atoms with E-state index in [1.54, 1.807) is 6.26 Å². The van der Waals surface area contributed by atoms with Crippen LogP contribution in [0.25, 0.3) is 10.8 Å². The predicted molar refractivity (Wildman–Crippen MR) is 83.7 cm³/mol. The lowest BCUT2D eigenvalue weighted by Gasteiger charge is -2.22. The van der Waals surface area contributed by atoms with Crippen molar-refractivity contribution in [3.63, 3.8) is 0 Å². The Morgan fingerprint density at radius 2 is 2.00 bits per heavy atom. The monoisotopic (exact) mass is 278 g/mol. The van der Waals surface area contributed by atoms with Gasteiger partial charge in [-0.2, -0.15) is 0 Å². The van der Waals surface area contributed by atoms with E-state index in [-0.39, 0.29) is 6.04 Å². The molecule has 1 aromatic heterocycles. The number of hydrogen-bond donors (Lipinski definition) is 1. The number of nitrogens with two attached hydrogens (primary N) is 1. The van der Waals surface area contributed by atoms with Crippen molar-refractivity contribution in [2.24, 2.45) is 5.73 Å². The molecule has 3 nitrogen and oxygen atoms in total. The smallest absolute Gasteiger partial charge is 0.117 e. The number of hydrogen-bond acceptors (Lipinski definition) is 3. The molecule has 0 fully saturated rings. The molecule has 0 radical (unpaired) electrons. The highest BCUT2D eigenvalue weighted by Crippen LogP contribution is 2.38. The summed E-state index contributed by atoms with van der Waals surface area (Å²) in [5.41, 5.74) is 8.82. The van der Waals surface area contributed by atoms with E-state index in [1.165, 1.54) is 21.9 Å². The first kappa shape index (κ1) is 12.6. The molecule has 0 amide bonds. The highest BCUT2D eigenvalue weighted by Gasteiger charge is 2.30. The molecular formula is C18H18N2O. The molecule has 3 heteroatoms. The van der Waals surface area contributed by atoms with Gasteiger partial charge in [-0.15, -0.1) is 0 Å². The van der Waals surface area contributed by atoms with Gasteiger partial charge in [-0.3, -0.25) is 4.90 Å². The number of benzene rings is 2. The van der Waals surface area contributed by atoms with Crippen LogP contribution >= 0.6 is 0 Å². The fraction of sp³-hybridized carbons (Fsp3) is 0.222. The number of fused-ring (bicyclic) bond motifs is 3. The number of rotatable bonds is 3. The van der Waals surface area contributed by atoms with Crippen LogP contribution in [0.5, 0.6) is 0 Å². The van der Waals surface area contributed by atoms with Crippen molar-refractivity contribution in [1.82, 2.24) is 4.90 Å². The Labute approximate surface area is 124 Å². The molecule has 4 rings (SSSR count). The summed E-state index contributed by atoms with van der Waals surface area (Å²) in [6.45, 7) is 2.36. The van der Waals surface area contributed by atoms with E-state index < -0.39 is 0 Å². The van der Waals surface area contributed by atoms with Gasteiger partial charge in [0, 0.05) is 19.1 Å². The Kier molecular flexibility index (Phi) is 3.02. The average molecular weight is 278 g/mol. The molecule has 1 aliphatic heterocycles. The summed E-state index contributed by atoms with van der Waals surface area (Å²) in [4.78, 5) is 2.40. The van der Waals surface area contributed by atoms with Gasteiger partial charge in [0.1, 0.15) is 5.76 Å². The summed E-state index contributed by atoms with van der Waals surface area (Å²) in [5.74, 6) is 0.991. The quantitative estimate of drug-likeness (QED) is 0.798. The number of furan rings is 1. The lowest BCUT2D eigenvalue weighted by molar-refractivity contribution is 0.194. The summed E-state index contributed by atoms with van der Waals surface area (Å²) in [6.07, 6.45) is 1.73. The van der Waals surface area contributed by atoms with Crippen molar-refractivity contribution >= 4 is 10.8 Å². The van der Waals surface area contributed by atoms with E-state index in [9.17, 15) is 0 Å². The Hall–Kier alpha value is -2.10. The van der Waals surface area contributed by atoms with Crippen molar-refractivity contribution in [2.75, 3.05) is 6.54 Å². The average Bonchev–Trinajstić information content (AvgIpc) is 3.14. The van der Waals surface area contributed by atoms with E-state index in [4.69, 9.17) is 10.2 Å². The van der Waals surface area contributed by atoms with Gasteiger partial charge in [-0.05, 0) is 34.0 Å². The third-order valence-electron chi connectivity index (χ3n) is 4.40. The van der Waals surface area contributed by atoms with E-state index in [2.05, 4.69) is 41.3 Å². The molecule has 2 heterocycles. The molecule has 1 aliphatic rings. The van der Waals surface area contributed by atoms with Gasteiger partial charge in [0.2, 0.25) is 0 Å². The molecule has 2 N–H and O–H groups in total. The second-order valence-electron chi connectivity index (χ2n) is 5.59. The van der Waals surface area contributed by atoms with Gasteiger partial charge in [0.05, 0.1) is 12.8 Å². The zero-order valence-corrected chi connectivity index (χ0v) is 11.8. The van der Waals surface area contributed by atoms with Gasteiger partial charge in [-0.25, -0.2) is 0 Å². The van der Waals surface area contributed by atoms with Crippen LogP contribution in [0.3, 0.4) is 0 Å². The first-order chi connectivity index (χ1) is 10.4. The first-order valence-electron chi connectivity index (χ1n) is 7.34. The predicted octanol–water partition coefficient (Wildman–Crippen LogP) is 3.45. The van der Waals surface area contributed by atoms with Crippen molar-refractivity contribution in [2.45, 2.75) is 19.1 Å². The third-order valence-corrected chi connectivity index (χ3v) is 4.40. The molecule has 2 aromatic carbocycles. The van der Waals surface area contributed by atoms with Crippen LogP contribution in [0.1, 0.15) is 22.9 Å². The zero-order chi connectivity index (χ0) is 14.2. The second-order valence-corrected chi connectivity index (χ2v) is 5.59. The minimum Gasteiger partial charge on any atom is -0.468 e. The van der Waals surface area contributed by atoms with Gasteiger partial charge in [-0.1, -0.05) is 36.4 Å². The van der Waals surface area contributed by atoms with Crippen molar-refractivity contribution in [3.05, 3.63) is 71.7 Å². The van der Waals surface area contributed by atoms with Crippen LogP contribution in [-0.4, -0.2) is 11.4 Å². The summed E-state index contributed by atoms with van der Waals surface area (Å²) < 4.78 is 5.49. The fourth-order valence-corrected chi connectivity index (χ4v) is 3.40. The maximum atomic E-state index is 6.04. The van der Waals surface area contributed by atoms with E-state index in [1.807, 2.05) is 12.1 Å². The van der Waals surface area contributed by atoms with Crippen molar-refractivity contribution in [1.29, 1.82) is 0 Å². The molecule has 0 saturated carbocycles. The molecular weight excluding hydrogens is 260 g/mol. The van der Waals surface area contributed by atoms with Crippen LogP contribution in [0.4, 0.5) is 0 Å². The zero-order valence-electron chi connectivity index (χ0n) is 11.8. The molecule has 1 unspecified atom stereocenters. The van der Waals surface area contributed by atoms with E-state index in [0.717, 1.165) is 18.8 Å². The summed E-state index contributed by atoms with van der Waals surface area (Å²) in [5, 5.41) is 2.64. The summed E-state index contributed by atoms with van der Waals surface area (Å²) in [7, 11) is 0. The maximum Gasteiger partial charge on any atom is 0.117 e. The van der Waals surface area contributed by atoms with Gasteiger partial charge in [0.25, 0.3) is 0 Å². The largest absolute Gasteiger partial charge is 0.468 e.